The highest BCUT2D eigenvalue weighted by Gasteiger charge is 2.23. The summed E-state index contributed by atoms with van der Waals surface area (Å²) in [5.74, 6) is 1.02. The second-order valence-corrected chi connectivity index (χ2v) is 7.14. The van der Waals surface area contributed by atoms with Crippen molar-refractivity contribution >= 4 is 13.3 Å². The normalized spacial score (nSPS) is 16.8. The summed E-state index contributed by atoms with van der Waals surface area (Å²) in [7, 11) is -2.20. The molecule has 114 valence electrons. The lowest BCUT2D eigenvalue weighted by Gasteiger charge is -2.22. The predicted octanol–water partition coefficient (Wildman–Crippen LogP) is 5.00. The zero-order chi connectivity index (χ0) is 15.8. The molecule has 1 aliphatic rings. The van der Waals surface area contributed by atoms with E-state index < -0.39 is 8.03 Å². The molecule has 0 saturated carbocycles. The van der Waals surface area contributed by atoms with E-state index >= 15 is 0 Å². The lowest BCUT2D eigenvalue weighted by Crippen LogP contribution is -2.10. The molecule has 0 aliphatic carbocycles. The van der Waals surface area contributed by atoms with Crippen molar-refractivity contribution in [2.75, 3.05) is 0 Å². The molecule has 2 atom stereocenters. The Morgan fingerprint density at radius 1 is 0.826 bits per heavy atom. The quantitative estimate of drug-likeness (QED) is 0.621. The Kier molecular flexibility index (Phi) is 3.55. The minimum Gasteiger partial charge on any atom is -0.441 e. The number of benzene rings is 3. The fourth-order valence-corrected chi connectivity index (χ4v) is 4.26. The van der Waals surface area contributed by atoms with Crippen LogP contribution >= 0.6 is 8.03 Å². The molecule has 23 heavy (non-hydrogen) atoms. The Morgan fingerprint density at radius 3 is 2.39 bits per heavy atom. The molecule has 0 N–H and O–H groups in total. The summed E-state index contributed by atoms with van der Waals surface area (Å²) < 4.78 is 17.9. The van der Waals surface area contributed by atoms with E-state index in [1.165, 1.54) is 11.1 Å². The van der Waals surface area contributed by atoms with Crippen LogP contribution in [0.3, 0.4) is 0 Å². The lowest BCUT2D eigenvalue weighted by atomic mass is 9.90. The van der Waals surface area contributed by atoms with Crippen molar-refractivity contribution in [2.45, 2.75) is 12.8 Å². The van der Waals surface area contributed by atoms with Crippen LogP contribution in [0.5, 0.6) is 5.75 Å². The van der Waals surface area contributed by atoms with Gasteiger partial charge in [0, 0.05) is 11.5 Å². The molecule has 0 saturated heterocycles. The van der Waals surface area contributed by atoms with Gasteiger partial charge in [0.1, 0.15) is 5.75 Å². The van der Waals surface area contributed by atoms with Crippen molar-refractivity contribution in [1.82, 2.24) is 0 Å². The van der Waals surface area contributed by atoms with Crippen LogP contribution in [0.1, 0.15) is 24.0 Å². The van der Waals surface area contributed by atoms with Gasteiger partial charge in [0.2, 0.25) is 0 Å². The van der Waals surface area contributed by atoms with Crippen LogP contribution in [0.2, 0.25) is 0 Å². The molecule has 2 nitrogen and oxygen atoms in total. The molecule has 1 heterocycles. The highest BCUT2D eigenvalue weighted by molar-refractivity contribution is 7.49. The molecule has 0 fully saturated rings. The van der Waals surface area contributed by atoms with Gasteiger partial charge in [-0.3, -0.25) is 4.57 Å². The summed E-state index contributed by atoms with van der Waals surface area (Å²) in [6.45, 7) is 2.20. The summed E-state index contributed by atoms with van der Waals surface area (Å²) >= 11 is 0. The van der Waals surface area contributed by atoms with E-state index in [2.05, 4.69) is 43.3 Å². The Bertz CT molecular complexity index is 887. The average molecular weight is 320 g/mol. The monoisotopic (exact) mass is 320 g/mol. The third-order valence-electron chi connectivity index (χ3n) is 4.44. The molecule has 4 rings (SSSR count). The van der Waals surface area contributed by atoms with E-state index in [9.17, 15) is 4.57 Å². The topological polar surface area (TPSA) is 26.3 Å². The van der Waals surface area contributed by atoms with Crippen molar-refractivity contribution in [3.8, 4) is 16.9 Å². The maximum atomic E-state index is 12.3. The summed E-state index contributed by atoms with van der Waals surface area (Å²) in [6, 6.07) is 24.4. The second kappa shape index (κ2) is 5.72. The molecule has 0 spiro atoms. The molecule has 0 radical (unpaired) electrons. The van der Waals surface area contributed by atoms with Crippen LogP contribution in [0.4, 0.5) is 0 Å². The first-order valence-electron chi connectivity index (χ1n) is 7.74. The molecule has 3 heteroatoms. The third-order valence-corrected chi connectivity index (χ3v) is 5.72. The average Bonchev–Trinajstić information content (AvgIpc) is 2.62. The van der Waals surface area contributed by atoms with Crippen molar-refractivity contribution in [1.29, 1.82) is 0 Å². The molecular weight excluding hydrogens is 303 g/mol. The third kappa shape index (κ3) is 2.50. The summed E-state index contributed by atoms with van der Waals surface area (Å²) in [5, 5.41) is 0.814. The van der Waals surface area contributed by atoms with Gasteiger partial charge in [0.15, 0.2) is 0 Å². The van der Waals surface area contributed by atoms with Crippen LogP contribution in [0.15, 0.2) is 72.8 Å². The van der Waals surface area contributed by atoms with Crippen molar-refractivity contribution in [3.63, 3.8) is 0 Å². The van der Waals surface area contributed by atoms with E-state index in [1.807, 2.05) is 36.4 Å². The number of fused-ring (bicyclic) bond motifs is 3. The zero-order valence-electron chi connectivity index (χ0n) is 12.8. The van der Waals surface area contributed by atoms with Crippen LogP contribution in [0.25, 0.3) is 11.1 Å². The van der Waals surface area contributed by atoms with Crippen LogP contribution in [0, 0.1) is 0 Å². The van der Waals surface area contributed by atoms with Crippen molar-refractivity contribution in [2.24, 2.45) is 0 Å². The van der Waals surface area contributed by atoms with E-state index in [0.29, 0.717) is 5.92 Å². The highest BCUT2D eigenvalue weighted by Crippen LogP contribution is 2.43. The maximum absolute atomic E-state index is 12.3. The van der Waals surface area contributed by atoms with Gasteiger partial charge >= 0.3 is 0 Å². The minimum atomic E-state index is -2.20. The first-order chi connectivity index (χ1) is 11.2. The predicted molar refractivity (Wildman–Crippen MR) is 95.1 cm³/mol. The van der Waals surface area contributed by atoms with E-state index in [1.54, 1.807) is 0 Å². The Labute approximate surface area is 136 Å². The molecule has 0 aromatic heterocycles. The Balaban J connectivity index is 1.82. The van der Waals surface area contributed by atoms with Gasteiger partial charge in [-0.1, -0.05) is 61.5 Å². The summed E-state index contributed by atoms with van der Waals surface area (Å²) in [6.07, 6.45) is 0. The second-order valence-electron chi connectivity index (χ2n) is 5.82. The van der Waals surface area contributed by atoms with Gasteiger partial charge in [-0.15, -0.1) is 0 Å². The smallest absolute Gasteiger partial charge is 0.266 e. The van der Waals surface area contributed by atoms with E-state index in [-0.39, 0.29) is 0 Å². The molecule has 1 aliphatic heterocycles. The Morgan fingerprint density at radius 2 is 1.57 bits per heavy atom. The van der Waals surface area contributed by atoms with Crippen LogP contribution in [-0.2, 0) is 4.57 Å². The Hall–Kier alpha value is -2.31. The number of hydrogen-bond donors (Lipinski definition) is 0. The first kappa shape index (κ1) is 14.3. The molecule has 3 aromatic carbocycles. The van der Waals surface area contributed by atoms with Crippen molar-refractivity contribution < 1.29 is 9.09 Å². The van der Waals surface area contributed by atoms with Crippen molar-refractivity contribution in [3.05, 3.63) is 83.9 Å². The van der Waals surface area contributed by atoms with Gasteiger partial charge in [0.25, 0.3) is 8.03 Å². The van der Waals surface area contributed by atoms with Gasteiger partial charge in [-0.05, 0) is 34.9 Å². The highest BCUT2D eigenvalue weighted by atomic mass is 31.1. The van der Waals surface area contributed by atoms with Gasteiger partial charge in [0.05, 0.1) is 5.30 Å². The van der Waals surface area contributed by atoms with Crippen LogP contribution in [-0.4, -0.2) is 0 Å². The number of hydrogen-bond acceptors (Lipinski definition) is 2. The van der Waals surface area contributed by atoms with E-state index in [4.69, 9.17) is 4.52 Å². The largest absolute Gasteiger partial charge is 0.441 e. The molecular formula is C20H17O2P. The molecule has 3 aromatic rings. The van der Waals surface area contributed by atoms with Gasteiger partial charge in [-0.25, -0.2) is 0 Å². The fourth-order valence-electron chi connectivity index (χ4n) is 3.10. The molecule has 2 unspecified atom stereocenters. The molecule has 0 bridgehead atoms. The maximum Gasteiger partial charge on any atom is 0.266 e. The SMILES string of the molecule is CC(c1ccccc1)c1ccc2c(c1)-c1ccccc1[PH](=O)O2. The molecule has 0 amide bonds. The minimum absolute atomic E-state index is 0.299. The summed E-state index contributed by atoms with van der Waals surface area (Å²) in [5.41, 5.74) is 4.58. The number of rotatable bonds is 2. The zero-order valence-corrected chi connectivity index (χ0v) is 13.8. The lowest BCUT2D eigenvalue weighted by molar-refractivity contribution is 0.513. The first-order valence-corrected chi connectivity index (χ1v) is 9.06. The van der Waals surface area contributed by atoms with Gasteiger partial charge < -0.3 is 4.52 Å². The van der Waals surface area contributed by atoms with E-state index in [0.717, 1.165) is 22.2 Å². The fraction of sp³-hybridized carbons (Fsp3) is 0.100. The summed E-state index contributed by atoms with van der Waals surface area (Å²) in [4.78, 5) is 0. The van der Waals surface area contributed by atoms with Gasteiger partial charge in [-0.2, -0.15) is 0 Å². The standard InChI is InChI=1S/C20H17O2P/c1-14(15-7-3-2-4-8-15)16-11-12-19-18(13-16)17-9-5-6-10-20(17)23(21)22-19/h2-14,23H,1H3. The van der Waals surface area contributed by atoms with Crippen LogP contribution < -0.4 is 9.83 Å².